The predicted octanol–water partition coefficient (Wildman–Crippen LogP) is 0.838. The second-order valence-electron chi connectivity index (χ2n) is 4.25. The van der Waals surface area contributed by atoms with Gasteiger partial charge in [-0.3, -0.25) is 0 Å². The van der Waals surface area contributed by atoms with Gasteiger partial charge in [-0.2, -0.15) is 0 Å². The summed E-state index contributed by atoms with van der Waals surface area (Å²) in [4.78, 5) is 11.8. The van der Waals surface area contributed by atoms with Gasteiger partial charge in [-0.1, -0.05) is 25.1 Å². The van der Waals surface area contributed by atoms with E-state index >= 15 is 0 Å². The van der Waals surface area contributed by atoms with E-state index in [2.05, 4.69) is 0 Å². The lowest BCUT2D eigenvalue weighted by Crippen LogP contribution is -2.31. The van der Waals surface area contributed by atoms with Crippen LogP contribution in [0.5, 0.6) is 0 Å². The fraction of sp³-hybridized carbons (Fsp3) is 0.417. The van der Waals surface area contributed by atoms with E-state index in [4.69, 9.17) is 9.47 Å². The first kappa shape index (κ1) is 11.2. The van der Waals surface area contributed by atoms with Crippen LogP contribution in [0.25, 0.3) is 0 Å². The van der Waals surface area contributed by atoms with E-state index in [1.807, 2.05) is 33.0 Å². The fourth-order valence-electron chi connectivity index (χ4n) is 1.93. The fourth-order valence-corrected chi connectivity index (χ4v) is 1.93. The molecule has 0 saturated carbocycles. The molecule has 0 amide bonds. The van der Waals surface area contributed by atoms with Gasteiger partial charge in [0.05, 0.1) is 18.2 Å². The summed E-state index contributed by atoms with van der Waals surface area (Å²) >= 11 is 0. The predicted molar refractivity (Wildman–Crippen MR) is 63.1 cm³/mol. The molecule has 3 nitrogen and oxygen atoms in total. The average Bonchev–Trinajstić information content (AvgIpc) is 2.62. The molecule has 0 N–H and O–H groups in total. The van der Waals surface area contributed by atoms with Crippen molar-refractivity contribution >= 4 is 13.8 Å². The maximum Gasteiger partial charge on any atom is 0.338 e. The molecule has 3 atom stereocenters. The Labute approximate surface area is 96.2 Å². The topological polar surface area (TPSA) is 35.5 Å². The van der Waals surface area contributed by atoms with Crippen molar-refractivity contribution in [3.8, 4) is 0 Å². The number of benzene rings is 1. The average molecular weight is 218 g/mol. The molecule has 0 aromatic heterocycles. The largest absolute Gasteiger partial charge is 0.456 e. The molecular formula is C12H15BO3. The molecule has 2 rings (SSSR count). The van der Waals surface area contributed by atoms with Crippen LogP contribution in [0, 0.1) is 5.92 Å². The Morgan fingerprint density at radius 3 is 2.69 bits per heavy atom. The highest BCUT2D eigenvalue weighted by atomic mass is 16.6. The molecule has 16 heavy (non-hydrogen) atoms. The number of esters is 1. The van der Waals surface area contributed by atoms with Gasteiger partial charge in [0, 0.05) is 5.92 Å². The minimum Gasteiger partial charge on any atom is -0.456 e. The maximum atomic E-state index is 11.8. The van der Waals surface area contributed by atoms with E-state index < -0.39 is 0 Å². The monoisotopic (exact) mass is 218 g/mol. The SMILES string of the molecule is B[C@@H]1OC[C@H](C)[C@H]1OC(=O)c1ccccc1. The molecule has 0 spiro atoms. The highest BCUT2D eigenvalue weighted by Crippen LogP contribution is 2.22. The molecule has 84 valence electrons. The van der Waals surface area contributed by atoms with Crippen molar-refractivity contribution in [1.29, 1.82) is 0 Å². The summed E-state index contributed by atoms with van der Waals surface area (Å²) < 4.78 is 10.9. The van der Waals surface area contributed by atoms with Crippen molar-refractivity contribution in [2.45, 2.75) is 19.0 Å². The Morgan fingerprint density at radius 1 is 1.44 bits per heavy atom. The van der Waals surface area contributed by atoms with Crippen LogP contribution in [-0.2, 0) is 9.47 Å². The molecule has 0 unspecified atom stereocenters. The third kappa shape index (κ3) is 2.27. The van der Waals surface area contributed by atoms with Crippen molar-refractivity contribution < 1.29 is 14.3 Å². The van der Waals surface area contributed by atoms with Gasteiger partial charge in [0.1, 0.15) is 14.0 Å². The molecule has 1 saturated heterocycles. The van der Waals surface area contributed by atoms with Crippen LogP contribution in [0.2, 0.25) is 0 Å². The minimum atomic E-state index is -0.269. The Bertz CT molecular complexity index is 356. The zero-order chi connectivity index (χ0) is 11.5. The second-order valence-corrected chi connectivity index (χ2v) is 4.25. The van der Waals surface area contributed by atoms with Crippen molar-refractivity contribution in [1.82, 2.24) is 0 Å². The Hall–Kier alpha value is -1.29. The summed E-state index contributed by atoms with van der Waals surface area (Å²) in [7, 11) is 1.94. The molecule has 1 aromatic rings. The molecule has 1 heterocycles. The van der Waals surface area contributed by atoms with Crippen molar-refractivity contribution in [2.75, 3.05) is 6.61 Å². The summed E-state index contributed by atoms with van der Waals surface area (Å²) in [6.45, 7) is 2.69. The highest BCUT2D eigenvalue weighted by molar-refractivity contribution is 6.11. The van der Waals surface area contributed by atoms with E-state index in [9.17, 15) is 4.79 Å². The molecule has 1 aliphatic rings. The summed E-state index contributed by atoms with van der Waals surface area (Å²) in [5, 5.41) is 0. The number of carbonyl (C=O) groups excluding carboxylic acids is 1. The number of ether oxygens (including phenoxy) is 2. The van der Waals surface area contributed by atoms with E-state index in [0.717, 1.165) is 0 Å². The zero-order valence-corrected chi connectivity index (χ0v) is 9.55. The maximum absolute atomic E-state index is 11.8. The lowest BCUT2D eigenvalue weighted by atomic mass is 9.90. The Kier molecular flexibility index (Phi) is 3.29. The molecule has 0 bridgehead atoms. The van der Waals surface area contributed by atoms with Crippen molar-refractivity contribution in [3.05, 3.63) is 35.9 Å². The van der Waals surface area contributed by atoms with Gasteiger partial charge in [-0.15, -0.1) is 0 Å². The van der Waals surface area contributed by atoms with Crippen LogP contribution < -0.4 is 0 Å². The molecule has 0 radical (unpaired) electrons. The highest BCUT2D eigenvalue weighted by Gasteiger charge is 2.34. The van der Waals surface area contributed by atoms with Gasteiger partial charge in [-0.05, 0) is 12.1 Å². The van der Waals surface area contributed by atoms with E-state index in [-0.39, 0.29) is 24.0 Å². The normalized spacial score (nSPS) is 28.9. The molecular weight excluding hydrogens is 203 g/mol. The first-order chi connectivity index (χ1) is 7.68. The molecule has 4 heteroatoms. The second kappa shape index (κ2) is 4.70. The third-order valence-electron chi connectivity index (χ3n) is 2.90. The smallest absolute Gasteiger partial charge is 0.338 e. The van der Waals surface area contributed by atoms with Gasteiger partial charge >= 0.3 is 5.97 Å². The quantitative estimate of drug-likeness (QED) is 0.545. The van der Waals surface area contributed by atoms with Crippen LogP contribution in [0.1, 0.15) is 17.3 Å². The molecule has 1 fully saturated rings. The van der Waals surface area contributed by atoms with Crippen LogP contribution in [0.15, 0.2) is 30.3 Å². The minimum absolute atomic E-state index is 0.0114. The summed E-state index contributed by atoms with van der Waals surface area (Å²) in [6, 6.07) is 9.04. The zero-order valence-electron chi connectivity index (χ0n) is 9.55. The summed E-state index contributed by atoms with van der Waals surface area (Å²) in [5.41, 5.74) is 0.591. The number of rotatable bonds is 2. The lowest BCUT2D eigenvalue weighted by molar-refractivity contribution is 0.0146. The van der Waals surface area contributed by atoms with Gasteiger partial charge in [-0.25, -0.2) is 4.79 Å². The number of hydrogen-bond acceptors (Lipinski definition) is 3. The molecule has 1 aliphatic heterocycles. The first-order valence-electron chi connectivity index (χ1n) is 5.56. The number of hydrogen-bond donors (Lipinski definition) is 0. The summed E-state index contributed by atoms with van der Waals surface area (Å²) in [6.07, 6.45) is -0.132. The van der Waals surface area contributed by atoms with Gasteiger partial charge in [0.25, 0.3) is 0 Å². The Morgan fingerprint density at radius 2 is 2.12 bits per heavy atom. The van der Waals surface area contributed by atoms with Crippen LogP contribution in [-0.4, -0.2) is 32.5 Å². The lowest BCUT2D eigenvalue weighted by Gasteiger charge is -2.18. The van der Waals surface area contributed by atoms with Gasteiger partial charge in [0.2, 0.25) is 0 Å². The first-order valence-corrected chi connectivity index (χ1v) is 5.56. The van der Waals surface area contributed by atoms with Crippen molar-refractivity contribution in [2.24, 2.45) is 5.92 Å². The molecule has 1 aromatic carbocycles. The van der Waals surface area contributed by atoms with Crippen LogP contribution >= 0.6 is 0 Å². The number of carbonyl (C=O) groups is 1. The Balaban J connectivity index is 2.02. The molecule has 0 aliphatic carbocycles. The van der Waals surface area contributed by atoms with E-state index in [0.29, 0.717) is 12.2 Å². The van der Waals surface area contributed by atoms with Crippen molar-refractivity contribution in [3.63, 3.8) is 0 Å². The van der Waals surface area contributed by atoms with E-state index in [1.165, 1.54) is 0 Å². The van der Waals surface area contributed by atoms with Crippen LogP contribution in [0.4, 0.5) is 0 Å². The van der Waals surface area contributed by atoms with Gasteiger partial charge in [0.15, 0.2) is 0 Å². The standard InChI is InChI=1S/C12H15BO3/c1-8-7-15-11(13)10(8)16-12(14)9-5-3-2-4-6-9/h2-6,8,10-11H,7,13H2,1H3/t8-,10+,11+/m0/s1. The van der Waals surface area contributed by atoms with E-state index in [1.54, 1.807) is 12.1 Å². The van der Waals surface area contributed by atoms with Gasteiger partial charge < -0.3 is 9.47 Å². The third-order valence-corrected chi connectivity index (χ3v) is 2.90. The van der Waals surface area contributed by atoms with Crippen LogP contribution in [0.3, 0.4) is 0 Å². The summed E-state index contributed by atoms with van der Waals surface area (Å²) in [5.74, 6) is -0.00235.